The largest absolute Gasteiger partial charge is 0.495 e. The van der Waals surface area contributed by atoms with Crippen LogP contribution in [0.5, 0.6) is 5.75 Å². The van der Waals surface area contributed by atoms with Gasteiger partial charge in [0.1, 0.15) is 11.3 Å². The topological polar surface area (TPSA) is 90.2 Å². The Morgan fingerprint density at radius 1 is 1.15 bits per heavy atom. The Kier molecular flexibility index (Phi) is 6.71. The minimum absolute atomic E-state index is 0.149. The summed E-state index contributed by atoms with van der Waals surface area (Å²) < 4.78 is 41.5. The molecule has 10 heteroatoms. The van der Waals surface area contributed by atoms with Gasteiger partial charge in [-0.05, 0) is 57.2 Å². The minimum atomic E-state index is -3.67. The zero-order chi connectivity index (χ0) is 23.8. The third kappa shape index (κ3) is 4.61. The molecule has 0 unspecified atom stereocenters. The van der Waals surface area contributed by atoms with E-state index >= 15 is 0 Å². The van der Waals surface area contributed by atoms with E-state index in [4.69, 9.17) is 9.47 Å². The number of thiazole rings is 1. The number of aryl methyl sites for hydroxylation is 1. The fourth-order valence-corrected chi connectivity index (χ4v) is 6.74. The van der Waals surface area contributed by atoms with Crippen molar-refractivity contribution < 1.29 is 22.7 Å². The SMILES string of the molecule is CCn1c(=NC(=O)c2ccc(S(=O)(=O)N3C[C@@H](C)O[C@@H](C)C3)cc2)sc2cccc(OC)c21. The van der Waals surface area contributed by atoms with Crippen molar-refractivity contribution in [3.63, 3.8) is 0 Å². The molecule has 1 aliphatic heterocycles. The third-order valence-corrected chi connectivity index (χ3v) is 8.41. The van der Waals surface area contributed by atoms with E-state index in [9.17, 15) is 13.2 Å². The predicted octanol–water partition coefficient (Wildman–Crippen LogP) is 3.27. The van der Waals surface area contributed by atoms with Gasteiger partial charge in [0, 0.05) is 25.2 Å². The first-order chi connectivity index (χ1) is 15.7. The standard InChI is InChI=1S/C23H27N3O5S2/c1-5-26-21-19(30-4)7-6-8-20(21)32-23(26)24-22(27)17-9-11-18(12-10-17)33(28,29)25-13-15(2)31-16(3)14-25/h6-12,15-16H,5,13-14H2,1-4H3/t15-,16+. The van der Waals surface area contributed by atoms with E-state index in [-0.39, 0.29) is 17.1 Å². The van der Waals surface area contributed by atoms with E-state index in [1.807, 2.05) is 43.5 Å². The Hall–Kier alpha value is -2.53. The van der Waals surface area contributed by atoms with Gasteiger partial charge in [0.15, 0.2) is 4.80 Å². The molecule has 0 spiro atoms. The lowest BCUT2D eigenvalue weighted by Crippen LogP contribution is -2.48. The second-order valence-electron chi connectivity index (χ2n) is 7.96. The lowest BCUT2D eigenvalue weighted by molar-refractivity contribution is -0.0440. The third-order valence-electron chi connectivity index (χ3n) is 5.52. The van der Waals surface area contributed by atoms with Gasteiger partial charge >= 0.3 is 0 Å². The van der Waals surface area contributed by atoms with Crippen LogP contribution in [0, 0.1) is 0 Å². The van der Waals surface area contributed by atoms with Crippen LogP contribution in [0.1, 0.15) is 31.1 Å². The van der Waals surface area contributed by atoms with Gasteiger partial charge in [-0.2, -0.15) is 9.30 Å². The first kappa shape index (κ1) is 23.6. The second-order valence-corrected chi connectivity index (χ2v) is 10.9. The number of para-hydroxylation sites is 1. The number of rotatable bonds is 5. The van der Waals surface area contributed by atoms with Crippen molar-refractivity contribution in [1.82, 2.24) is 8.87 Å². The fraction of sp³-hybridized carbons (Fsp3) is 0.391. The predicted molar refractivity (Wildman–Crippen MR) is 127 cm³/mol. The molecule has 0 saturated carbocycles. The Morgan fingerprint density at radius 2 is 1.82 bits per heavy atom. The highest BCUT2D eigenvalue weighted by Crippen LogP contribution is 2.27. The van der Waals surface area contributed by atoms with Crippen molar-refractivity contribution in [2.24, 2.45) is 4.99 Å². The monoisotopic (exact) mass is 489 g/mol. The molecule has 2 aromatic carbocycles. The van der Waals surface area contributed by atoms with E-state index < -0.39 is 15.9 Å². The molecule has 1 aliphatic rings. The number of aromatic nitrogens is 1. The zero-order valence-corrected chi connectivity index (χ0v) is 20.6. The van der Waals surface area contributed by atoms with Crippen molar-refractivity contribution in [3.8, 4) is 5.75 Å². The Morgan fingerprint density at radius 3 is 2.42 bits per heavy atom. The summed E-state index contributed by atoms with van der Waals surface area (Å²) >= 11 is 1.41. The molecule has 1 aromatic heterocycles. The van der Waals surface area contributed by atoms with Crippen molar-refractivity contribution in [3.05, 3.63) is 52.8 Å². The molecular weight excluding hydrogens is 462 g/mol. The van der Waals surface area contributed by atoms with E-state index in [2.05, 4.69) is 4.99 Å². The van der Waals surface area contributed by atoms with Gasteiger partial charge in [0.2, 0.25) is 10.0 Å². The summed E-state index contributed by atoms with van der Waals surface area (Å²) in [6, 6.07) is 11.7. The zero-order valence-electron chi connectivity index (χ0n) is 19.0. The van der Waals surface area contributed by atoms with Gasteiger partial charge in [-0.1, -0.05) is 17.4 Å². The number of carbonyl (C=O) groups is 1. The lowest BCUT2D eigenvalue weighted by atomic mass is 10.2. The quantitative estimate of drug-likeness (QED) is 0.549. The highest BCUT2D eigenvalue weighted by molar-refractivity contribution is 7.89. The normalized spacial score (nSPS) is 20.3. The highest BCUT2D eigenvalue weighted by Gasteiger charge is 2.32. The number of fused-ring (bicyclic) bond motifs is 1. The maximum Gasteiger partial charge on any atom is 0.279 e. The maximum atomic E-state index is 13.0. The van der Waals surface area contributed by atoms with Gasteiger partial charge in [-0.3, -0.25) is 4.79 Å². The van der Waals surface area contributed by atoms with Crippen LogP contribution in [-0.2, 0) is 21.3 Å². The second kappa shape index (κ2) is 9.38. The first-order valence-corrected chi connectivity index (χ1v) is 13.0. The van der Waals surface area contributed by atoms with Crippen LogP contribution in [0.15, 0.2) is 52.4 Å². The Labute approximate surface area is 197 Å². The summed E-state index contributed by atoms with van der Waals surface area (Å²) in [6.45, 7) is 6.92. The lowest BCUT2D eigenvalue weighted by Gasteiger charge is -2.34. The Balaban J connectivity index is 1.64. The number of hydrogen-bond donors (Lipinski definition) is 0. The van der Waals surface area contributed by atoms with E-state index in [0.717, 1.165) is 16.0 Å². The minimum Gasteiger partial charge on any atom is -0.495 e. The first-order valence-electron chi connectivity index (χ1n) is 10.8. The summed E-state index contributed by atoms with van der Waals surface area (Å²) in [4.78, 5) is 17.9. The highest BCUT2D eigenvalue weighted by atomic mass is 32.2. The molecule has 33 heavy (non-hydrogen) atoms. The molecular formula is C23H27N3O5S2. The molecule has 1 amide bonds. The van der Waals surface area contributed by atoms with E-state index in [1.54, 1.807) is 7.11 Å². The molecule has 4 rings (SSSR count). The van der Waals surface area contributed by atoms with Crippen molar-refractivity contribution in [2.45, 2.75) is 44.4 Å². The summed E-state index contributed by atoms with van der Waals surface area (Å²) in [5.41, 5.74) is 1.22. The molecule has 176 valence electrons. The molecule has 3 aromatic rings. The van der Waals surface area contributed by atoms with Crippen molar-refractivity contribution in [2.75, 3.05) is 20.2 Å². The maximum absolute atomic E-state index is 13.0. The summed E-state index contributed by atoms with van der Waals surface area (Å²) in [6.07, 6.45) is -0.346. The van der Waals surface area contributed by atoms with Crippen LogP contribution >= 0.6 is 11.3 Å². The number of methoxy groups -OCH3 is 1. The summed E-state index contributed by atoms with van der Waals surface area (Å²) in [7, 11) is -2.06. The van der Waals surface area contributed by atoms with Gasteiger partial charge < -0.3 is 14.0 Å². The number of amides is 1. The van der Waals surface area contributed by atoms with Crippen LogP contribution in [0.2, 0.25) is 0 Å². The molecule has 2 atom stereocenters. The molecule has 1 fully saturated rings. The van der Waals surface area contributed by atoms with Crippen molar-refractivity contribution in [1.29, 1.82) is 0 Å². The number of sulfonamides is 1. The van der Waals surface area contributed by atoms with Crippen LogP contribution < -0.4 is 9.54 Å². The molecule has 1 saturated heterocycles. The average Bonchev–Trinajstić information content (AvgIpc) is 3.15. The number of hydrogen-bond acceptors (Lipinski definition) is 6. The van der Waals surface area contributed by atoms with Crippen LogP contribution in [0.3, 0.4) is 0 Å². The molecule has 8 nitrogen and oxygen atoms in total. The van der Waals surface area contributed by atoms with Crippen molar-refractivity contribution >= 4 is 37.5 Å². The van der Waals surface area contributed by atoms with Gasteiger partial charge in [-0.25, -0.2) is 8.42 Å². The average molecular weight is 490 g/mol. The number of morpholine rings is 1. The van der Waals surface area contributed by atoms with Gasteiger partial charge in [0.05, 0.1) is 28.9 Å². The van der Waals surface area contributed by atoms with Gasteiger partial charge in [-0.15, -0.1) is 0 Å². The molecule has 0 N–H and O–H groups in total. The van der Waals surface area contributed by atoms with E-state index in [1.165, 1.54) is 39.9 Å². The Bertz CT molecular complexity index is 1330. The van der Waals surface area contributed by atoms with Gasteiger partial charge in [0.25, 0.3) is 5.91 Å². The summed E-state index contributed by atoms with van der Waals surface area (Å²) in [5, 5.41) is 0. The molecule has 2 heterocycles. The van der Waals surface area contributed by atoms with Crippen LogP contribution in [-0.4, -0.2) is 55.6 Å². The number of ether oxygens (including phenoxy) is 2. The summed E-state index contributed by atoms with van der Waals surface area (Å²) in [5.74, 6) is 0.293. The number of benzene rings is 2. The molecule has 0 aliphatic carbocycles. The molecule has 0 bridgehead atoms. The van der Waals surface area contributed by atoms with E-state index in [0.29, 0.717) is 30.0 Å². The number of nitrogens with zero attached hydrogens (tertiary/aromatic N) is 3. The van der Waals surface area contributed by atoms with Crippen LogP contribution in [0.25, 0.3) is 10.2 Å². The smallest absolute Gasteiger partial charge is 0.279 e. The number of carbonyl (C=O) groups excluding carboxylic acids is 1. The fourth-order valence-electron chi connectivity index (χ4n) is 4.04. The molecule has 0 radical (unpaired) electrons. The van der Waals surface area contributed by atoms with Crippen LogP contribution in [0.4, 0.5) is 0 Å².